The maximum absolute atomic E-state index is 14.2. The van der Waals surface area contributed by atoms with E-state index in [-0.39, 0.29) is 16.0 Å². The molecule has 1 aromatic carbocycles. The van der Waals surface area contributed by atoms with Gasteiger partial charge in [0.15, 0.2) is 0 Å². The summed E-state index contributed by atoms with van der Waals surface area (Å²) in [5.41, 5.74) is 6.25. The number of halogens is 3. The monoisotopic (exact) mass is 344 g/mol. The predicted octanol–water partition coefficient (Wildman–Crippen LogP) is 3.60. The molecule has 2 heterocycles. The first-order chi connectivity index (χ1) is 9.49. The summed E-state index contributed by atoms with van der Waals surface area (Å²) in [6.07, 6.45) is 4.21. The van der Waals surface area contributed by atoms with Crippen molar-refractivity contribution in [1.82, 2.24) is 4.90 Å². The average molecular weight is 345 g/mol. The van der Waals surface area contributed by atoms with Gasteiger partial charge < -0.3 is 10.6 Å². The van der Waals surface area contributed by atoms with Crippen molar-refractivity contribution in [3.63, 3.8) is 0 Å². The molecule has 0 radical (unpaired) electrons. The van der Waals surface area contributed by atoms with Crippen LogP contribution >= 0.6 is 15.9 Å². The molecule has 2 fully saturated rings. The van der Waals surface area contributed by atoms with E-state index >= 15 is 0 Å². The molecule has 0 saturated carbocycles. The lowest BCUT2D eigenvalue weighted by Crippen LogP contribution is -2.43. The van der Waals surface area contributed by atoms with E-state index in [4.69, 9.17) is 5.73 Å². The highest BCUT2D eigenvalue weighted by atomic mass is 79.9. The third kappa shape index (κ3) is 2.30. The summed E-state index contributed by atoms with van der Waals surface area (Å²) < 4.78 is 28.4. The first-order valence-corrected chi connectivity index (χ1v) is 7.89. The van der Waals surface area contributed by atoms with E-state index in [1.165, 1.54) is 25.0 Å². The number of piperidine rings is 1. The summed E-state index contributed by atoms with van der Waals surface area (Å²) in [4.78, 5) is 2.40. The molecule has 3 rings (SSSR count). The van der Waals surface area contributed by atoms with Gasteiger partial charge >= 0.3 is 0 Å². The van der Waals surface area contributed by atoms with Crippen molar-refractivity contribution < 1.29 is 8.78 Å². The second-order valence-electron chi connectivity index (χ2n) is 6.06. The van der Waals surface area contributed by atoms with Crippen LogP contribution < -0.4 is 5.73 Å². The van der Waals surface area contributed by atoms with E-state index in [9.17, 15) is 8.78 Å². The van der Waals surface area contributed by atoms with Gasteiger partial charge in [-0.05, 0) is 66.7 Å². The topological polar surface area (TPSA) is 29.3 Å². The normalized spacial score (nSPS) is 31.6. The van der Waals surface area contributed by atoms with Gasteiger partial charge in [0.2, 0.25) is 0 Å². The minimum absolute atomic E-state index is 0.0355. The Balaban J connectivity index is 1.87. The molecule has 2 bridgehead atoms. The highest BCUT2D eigenvalue weighted by Crippen LogP contribution is 2.42. The van der Waals surface area contributed by atoms with E-state index < -0.39 is 17.7 Å². The van der Waals surface area contributed by atoms with Crippen molar-refractivity contribution >= 4 is 15.9 Å². The highest BCUT2D eigenvalue weighted by molar-refractivity contribution is 9.10. The highest BCUT2D eigenvalue weighted by Gasteiger charge is 2.41. The van der Waals surface area contributed by atoms with Crippen LogP contribution in [0.1, 0.15) is 37.3 Å². The van der Waals surface area contributed by atoms with Gasteiger partial charge in [0, 0.05) is 23.7 Å². The van der Waals surface area contributed by atoms with Gasteiger partial charge in [0.05, 0.1) is 4.47 Å². The minimum atomic E-state index is -0.565. The Morgan fingerprint density at radius 3 is 2.45 bits per heavy atom. The fraction of sp³-hybridized carbons (Fsp3) is 0.600. The van der Waals surface area contributed by atoms with Crippen LogP contribution in [0.3, 0.4) is 0 Å². The Labute approximate surface area is 126 Å². The fourth-order valence-electron chi connectivity index (χ4n) is 3.83. The molecule has 20 heavy (non-hydrogen) atoms. The molecular weight excluding hydrogens is 326 g/mol. The standard InChI is InChI=1S/C15H19BrF2N2/c1-20-9-2-3-10(20)7-8(6-9)15(19)13-12(17)5-4-11(16)14(13)18/h4-5,8-10,15H,2-3,6-7,19H2,1H3. The molecule has 2 aliphatic rings. The number of hydrogen-bond donors (Lipinski definition) is 1. The number of hydrogen-bond acceptors (Lipinski definition) is 2. The van der Waals surface area contributed by atoms with Crippen LogP contribution in [0, 0.1) is 17.6 Å². The molecule has 5 heteroatoms. The van der Waals surface area contributed by atoms with Crippen molar-refractivity contribution in [2.75, 3.05) is 7.05 Å². The third-order valence-corrected chi connectivity index (χ3v) is 5.67. The summed E-state index contributed by atoms with van der Waals surface area (Å²) in [5.74, 6) is -0.935. The van der Waals surface area contributed by atoms with Gasteiger partial charge in [-0.3, -0.25) is 0 Å². The third-order valence-electron chi connectivity index (χ3n) is 5.06. The first-order valence-electron chi connectivity index (χ1n) is 7.10. The molecule has 0 aliphatic carbocycles. The van der Waals surface area contributed by atoms with E-state index in [2.05, 4.69) is 27.9 Å². The van der Waals surface area contributed by atoms with Crippen molar-refractivity contribution in [2.24, 2.45) is 11.7 Å². The average Bonchev–Trinajstić information content (AvgIpc) is 2.66. The van der Waals surface area contributed by atoms with Gasteiger partial charge in [-0.25, -0.2) is 8.78 Å². The van der Waals surface area contributed by atoms with Crippen LogP contribution in [-0.4, -0.2) is 24.0 Å². The molecule has 3 atom stereocenters. The minimum Gasteiger partial charge on any atom is -0.324 e. The molecule has 2 nitrogen and oxygen atoms in total. The summed E-state index contributed by atoms with van der Waals surface area (Å²) >= 11 is 3.11. The molecule has 0 amide bonds. The molecule has 0 spiro atoms. The lowest BCUT2D eigenvalue weighted by molar-refractivity contribution is 0.119. The maximum Gasteiger partial charge on any atom is 0.145 e. The van der Waals surface area contributed by atoms with Crippen molar-refractivity contribution in [1.29, 1.82) is 0 Å². The summed E-state index contributed by atoms with van der Waals surface area (Å²) in [6, 6.07) is 3.14. The zero-order chi connectivity index (χ0) is 14.4. The summed E-state index contributed by atoms with van der Waals surface area (Å²) in [5, 5.41) is 0. The number of benzene rings is 1. The SMILES string of the molecule is CN1C2CCC1CC(C(N)c1c(F)ccc(Br)c1F)C2. The van der Waals surface area contributed by atoms with Gasteiger partial charge in [-0.15, -0.1) is 0 Å². The first kappa shape index (κ1) is 14.4. The molecule has 110 valence electrons. The predicted molar refractivity (Wildman–Crippen MR) is 78.3 cm³/mol. The summed E-state index contributed by atoms with van der Waals surface area (Å²) in [7, 11) is 2.14. The Bertz CT molecular complexity index is 509. The zero-order valence-electron chi connectivity index (χ0n) is 11.5. The number of nitrogens with zero attached hydrogens (tertiary/aromatic N) is 1. The molecular formula is C15H19BrF2N2. The molecule has 1 aromatic rings. The smallest absolute Gasteiger partial charge is 0.145 e. The largest absolute Gasteiger partial charge is 0.324 e. The van der Waals surface area contributed by atoms with Gasteiger partial charge in [-0.1, -0.05) is 0 Å². The number of rotatable bonds is 2. The second-order valence-corrected chi connectivity index (χ2v) is 6.92. The van der Waals surface area contributed by atoms with Crippen molar-refractivity contribution in [3.8, 4) is 0 Å². The van der Waals surface area contributed by atoms with E-state index in [0.717, 1.165) is 12.8 Å². The van der Waals surface area contributed by atoms with Gasteiger partial charge in [0.1, 0.15) is 11.6 Å². The Morgan fingerprint density at radius 2 is 1.85 bits per heavy atom. The lowest BCUT2D eigenvalue weighted by atomic mass is 9.82. The molecule has 2 saturated heterocycles. The molecule has 0 aromatic heterocycles. The Morgan fingerprint density at radius 1 is 1.25 bits per heavy atom. The Hall–Kier alpha value is -0.520. The van der Waals surface area contributed by atoms with Crippen LogP contribution in [0.2, 0.25) is 0 Å². The van der Waals surface area contributed by atoms with Crippen molar-refractivity contribution in [3.05, 3.63) is 33.8 Å². The Kier molecular flexibility index (Phi) is 3.86. The quantitative estimate of drug-likeness (QED) is 0.830. The second kappa shape index (κ2) is 5.35. The van der Waals surface area contributed by atoms with E-state index in [0.29, 0.717) is 12.1 Å². The zero-order valence-corrected chi connectivity index (χ0v) is 13.0. The van der Waals surface area contributed by atoms with Crippen LogP contribution in [-0.2, 0) is 0 Å². The van der Waals surface area contributed by atoms with Crippen LogP contribution in [0.25, 0.3) is 0 Å². The maximum atomic E-state index is 14.2. The fourth-order valence-corrected chi connectivity index (χ4v) is 4.18. The molecule has 2 aliphatic heterocycles. The van der Waals surface area contributed by atoms with E-state index in [1.807, 2.05) is 0 Å². The van der Waals surface area contributed by atoms with Crippen LogP contribution in [0.4, 0.5) is 8.78 Å². The molecule has 2 N–H and O–H groups in total. The summed E-state index contributed by atoms with van der Waals surface area (Å²) in [6.45, 7) is 0. The lowest BCUT2D eigenvalue weighted by Gasteiger charge is -2.39. The van der Waals surface area contributed by atoms with E-state index in [1.54, 1.807) is 0 Å². The van der Waals surface area contributed by atoms with Gasteiger partial charge in [-0.2, -0.15) is 0 Å². The number of fused-ring (bicyclic) bond motifs is 2. The van der Waals surface area contributed by atoms with Crippen LogP contribution in [0.5, 0.6) is 0 Å². The van der Waals surface area contributed by atoms with Crippen LogP contribution in [0.15, 0.2) is 16.6 Å². The number of nitrogens with two attached hydrogens (primary N) is 1. The van der Waals surface area contributed by atoms with Crippen molar-refractivity contribution in [2.45, 2.75) is 43.8 Å². The molecule has 3 unspecified atom stereocenters. The van der Waals surface area contributed by atoms with Gasteiger partial charge in [0.25, 0.3) is 0 Å².